The Hall–Kier alpha value is -3.16. The highest BCUT2D eigenvalue weighted by Gasteiger charge is 2.57. The molecule has 0 radical (unpaired) electrons. The van der Waals surface area contributed by atoms with Crippen LogP contribution in [-0.4, -0.2) is 71.5 Å². The Kier molecular flexibility index (Phi) is 8.81. The van der Waals surface area contributed by atoms with Crippen LogP contribution in [0.15, 0.2) is 42.9 Å². The lowest BCUT2D eigenvalue weighted by atomic mass is 9.98. The molecular weight excluding hydrogens is 576 g/mol. The molecule has 2 fully saturated rings. The largest absolute Gasteiger partial charge is 0.461 e. The number of carbonyl (C=O) groups excluding carboxylic acids is 2. The molecule has 1 aromatic carbocycles. The van der Waals surface area contributed by atoms with Gasteiger partial charge < -0.3 is 38.8 Å². The van der Waals surface area contributed by atoms with Gasteiger partial charge in [0.25, 0.3) is 5.91 Å². The van der Waals surface area contributed by atoms with E-state index in [0.29, 0.717) is 11.5 Å². The summed E-state index contributed by atoms with van der Waals surface area (Å²) in [6.07, 6.45) is 2.29. The quantitative estimate of drug-likeness (QED) is 0.263. The van der Waals surface area contributed by atoms with Gasteiger partial charge in [0.05, 0.1) is 6.61 Å². The molecule has 0 bridgehead atoms. The Bertz CT molecular complexity index is 1290. The van der Waals surface area contributed by atoms with E-state index in [4.69, 9.17) is 28.0 Å². The van der Waals surface area contributed by atoms with Crippen LogP contribution in [0.3, 0.4) is 0 Å². The Morgan fingerprint density at radius 3 is 2.79 bits per heavy atom. The smallest absolute Gasteiger partial charge is 0.459 e. The first-order valence-corrected chi connectivity index (χ1v) is 15.3. The minimum atomic E-state index is -4.39. The van der Waals surface area contributed by atoms with Crippen molar-refractivity contribution in [1.82, 2.24) is 15.3 Å². The van der Waals surface area contributed by atoms with Crippen LogP contribution in [0.1, 0.15) is 46.0 Å². The van der Waals surface area contributed by atoms with Crippen molar-refractivity contribution in [2.24, 2.45) is 0 Å². The monoisotopic (exact) mass is 611 g/mol. The summed E-state index contributed by atoms with van der Waals surface area (Å²) in [5, 5.41) is 15.8. The normalized spacial score (nSPS) is 29.6. The van der Waals surface area contributed by atoms with E-state index in [2.05, 4.69) is 17.0 Å². The molecule has 3 aliphatic heterocycles. The summed E-state index contributed by atoms with van der Waals surface area (Å²) < 4.78 is 63.2. The molecule has 230 valence electrons. The minimum absolute atomic E-state index is 0.0115. The summed E-state index contributed by atoms with van der Waals surface area (Å²) in [5.41, 5.74) is -2.35. The second-order valence-electron chi connectivity index (χ2n) is 10.7. The molecule has 1 aromatic rings. The Balaban J connectivity index is 1.30. The highest BCUT2D eigenvalue weighted by molar-refractivity contribution is 7.52. The lowest BCUT2D eigenvalue weighted by Gasteiger charge is -2.35. The van der Waals surface area contributed by atoms with Crippen molar-refractivity contribution in [3.8, 4) is 17.2 Å². The first kappa shape index (κ1) is 30.3. The molecule has 0 aromatic heterocycles. The summed E-state index contributed by atoms with van der Waals surface area (Å²) >= 11 is 0. The number of ether oxygens (including phenoxy) is 4. The van der Waals surface area contributed by atoms with Gasteiger partial charge in [0, 0.05) is 18.3 Å². The van der Waals surface area contributed by atoms with E-state index in [0.717, 1.165) is 45.1 Å². The predicted molar refractivity (Wildman–Crippen MR) is 145 cm³/mol. The Labute approximate surface area is 242 Å². The molecule has 3 N–H and O–H groups in total. The zero-order valence-electron chi connectivity index (χ0n) is 23.3. The van der Waals surface area contributed by atoms with Crippen LogP contribution in [0.2, 0.25) is 0 Å². The van der Waals surface area contributed by atoms with Crippen LogP contribution in [0.5, 0.6) is 17.2 Å². The minimum Gasteiger partial charge on any atom is -0.461 e. The van der Waals surface area contributed by atoms with Gasteiger partial charge in [-0.3, -0.25) is 14.1 Å². The topological polar surface area (TPSA) is 154 Å². The number of aliphatic hydroxyl groups is 1. The summed E-state index contributed by atoms with van der Waals surface area (Å²) in [7, 11) is -4.39. The number of nitrogens with zero attached hydrogens (tertiary/aromatic N) is 1. The first-order valence-electron chi connectivity index (χ1n) is 13.8. The van der Waals surface area contributed by atoms with E-state index in [1.807, 2.05) is 0 Å². The van der Waals surface area contributed by atoms with Crippen LogP contribution in [-0.2, 0) is 28.2 Å². The van der Waals surface area contributed by atoms with Gasteiger partial charge in [0.2, 0.25) is 6.79 Å². The van der Waals surface area contributed by atoms with Gasteiger partial charge in [-0.05, 0) is 51.7 Å². The number of benzene rings is 1. The standard InChI is InChI=1S/C27H35FN3O10P/c1-16(25(34)39-18-7-5-4-6-8-18)30-42(35,41-19-9-10-20-21(13-19)37-15-36-20)38-14-22-24(33)27(3,28)26(40-22)31-12-11-23(32)29-17(31)2/h9-13,16,18,22,24,26,33H,2,4-8,14-15H2,1,3H3,(H,29,32)(H,30,35)/t16-,22+,24+,26+,27+,42-/m0/s1. The van der Waals surface area contributed by atoms with Crippen LogP contribution in [0.25, 0.3) is 0 Å². The third-order valence-corrected chi connectivity index (χ3v) is 9.10. The number of hydrogen-bond acceptors (Lipinski definition) is 11. The maximum absolute atomic E-state index is 15.7. The molecule has 0 spiro atoms. The van der Waals surface area contributed by atoms with Crippen molar-refractivity contribution in [1.29, 1.82) is 0 Å². The number of amides is 1. The maximum atomic E-state index is 15.7. The van der Waals surface area contributed by atoms with Gasteiger partial charge >= 0.3 is 13.7 Å². The molecule has 0 unspecified atom stereocenters. The number of nitrogens with one attached hydrogen (secondary N) is 2. The lowest BCUT2D eigenvalue weighted by Crippen LogP contribution is -2.51. The summed E-state index contributed by atoms with van der Waals surface area (Å²) in [4.78, 5) is 25.7. The zero-order valence-corrected chi connectivity index (χ0v) is 24.2. The maximum Gasteiger partial charge on any atom is 0.459 e. The van der Waals surface area contributed by atoms with Gasteiger partial charge in [-0.15, -0.1) is 0 Å². The van der Waals surface area contributed by atoms with Crippen molar-refractivity contribution < 1.29 is 51.6 Å². The molecule has 13 nitrogen and oxygen atoms in total. The van der Waals surface area contributed by atoms with Crippen molar-refractivity contribution in [2.75, 3.05) is 13.4 Å². The summed E-state index contributed by atoms with van der Waals surface area (Å²) in [6.45, 7) is 5.71. The van der Waals surface area contributed by atoms with Gasteiger partial charge in [-0.1, -0.05) is 13.0 Å². The van der Waals surface area contributed by atoms with Crippen LogP contribution >= 0.6 is 7.75 Å². The van der Waals surface area contributed by atoms with Crippen molar-refractivity contribution in [2.45, 2.75) is 82.2 Å². The van der Waals surface area contributed by atoms with E-state index in [9.17, 15) is 19.3 Å². The average molecular weight is 612 g/mol. The second kappa shape index (κ2) is 12.2. The van der Waals surface area contributed by atoms with E-state index in [1.54, 1.807) is 6.07 Å². The molecule has 1 aliphatic carbocycles. The molecule has 5 rings (SSSR count). The fourth-order valence-corrected chi connectivity index (χ4v) is 6.62. The van der Waals surface area contributed by atoms with Gasteiger partial charge in [-0.2, -0.15) is 5.09 Å². The number of hydrogen-bond donors (Lipinski definition) is 3. The molecular formula is C27H35FN3O10P. The molecule has 3 heterocycles. The van der Waals surface area contributed by atoms with Gasteiger partial charge in [0.15, 0.2) is 23.4 Å². The number of rotatable bonds is 10. The van der Waals surface area contributed by atoms with Crippen LogP contribution in [0.4, 0.5) is 4.39 Å². The van der Waals surface area contributed by atoms with E-state index in [-0.39, 0.29) is 24.5 Å². The number of esters is 1. The fourth-order valence-electron chi connectivity index (χ4n) is 5.13. The highest BCUT2D eigenvalue weighted by atomic mass is 31.2. The third-order valence-electron chi connectivity index (χ3n) is 7.45. The average Bonchev–Trinajstić information content (AvgIpc) is 3.50. The van der Waals surface area contributed by atoms with Crippen molar-refractivity contribution in [3.05, 3.63) is 42.9 Å². The number of halogens is 1. The molecule has 1 saturated heterocycles. The number of fused-ring (bicyclic) bond motifs is 1. The van der Waals surface area contributed by atoms with Crippen LogP contribution < -0.4 is 24.4 Å². The molecule has 42 heavy (non-hydrogen) atoms. The van der Waals surface area contributed by atoms with Crippen molar-refractivity contribution in [3.63, 3.8) is 0 Å². The highest BCUT2D eigenvalue weighted by Crippen LogP contribution is 2.48. The number of aliphatic hydroxyl groups excluding tert-OH is 1. The van der Waals surface area contributed by atoms with E-state index in [1.165, 1.54) is 30.2 Å². The van der Waals surface area contributed by atoms with Gasteiger partial charge in [0.1, 0.15) is 35.9 Å². The molecule has 6 atom stereocenters. The Morgan fingerprint density at radius 1 is 1.31 bits per heavy atom. The summed E-state index contributed by atoms with van der Waals surface area (Å²) in [5.74, 6) is -0.124. The second-order valence-corrected chi connectivity index (χ2v) is 12.4. The first-order chi connectivity index (χ1) is 19.9. The number of carbonyl (C=O) groups is 2. The summed E-state index contributed by atoms with van der Waals surface area (Å²) in [6, 6.07) is 3.38. The zero-order chi connectivity index (χ0) is 30.1. The molecule has 1 amide bonds. The molecule has 4 aliphatic rings. The van der Waals surface area contributed by atoms with E-state index >= 15 is 4.39 Å². The molecule has 15 heteroatoms. The third kappa shape index (κ3) is 6.57. The van der Waals surface area contributed by atoms with E-state index < -0.39 is 56.4 Å². The van der Waals surface area contributed by atoms with Gasteiger partial charge in [-0.25, -0.2) is 8.96 Å². The predicted octanol–water partition coefficient (Wildman–Crippen LogP) is 3.00. The van der Waals surface area contributed by atoms with Crippen molar-refractivity contribution >= 4 is 19.6 Å². The van der Waals surface area contributed by atoms with Crippen LogP contribution in [0, 0.1) is 0 Å². The SMILES string of the molecule is C=C1NC(=O)C=CN1[C@@H]1O[C@H](CO[P@@](=O)(N[C@@H](C)C(=O)OC2CCCCC2)Oc2ccc3c(c2)OCO3)[C@@H](O)[C@@]1(C)F. The lowest BCUT2D eigenvalue weighted by molar-refractivity contribution is -0.152. The fraction of sp³-hybridized carbons (Fsp3) is 0.556. The Morgan fingerprint density at radius 2 is 2.05 bits per heavy atom. The molecule has 1 saturated carbocycles. The number of alkyl halides is 1.